The molecule has 1 aromatic carbocycles. The van der Waals surface area contributed by atoms with Gasteiger partial charge in [0.05, 0.1) is 0 Å². The first-order chi connectivity index (χ1) is 8.44. The molecule has 18 heavy (non-hydrogen) atoms. The second kappa shape index (κ2) is 4.95. The van der Waals surface area contributed by atoms with Crippen LogP contribution in [0.25, 0.3) is 0 Å². The smallest absolute Gasteiger partial charge is 0.243 e. The third-order valence-electron chi connectivity index (χ3n) is 3.13. The van der Waals surface area contributed by atoms with Crippen LogP contribution in [0.1, 0.15) is 18.4 Å². The highest BCUT2D eigenvalue weighted by atomic mass is 32.2. The monoisotopic (exact) mass is 272 g/mol. The van der Waals surface area contributed by atoms with E-state index in [0.29, 0.717) is 11.5 Å². The molecule has 0 amide bonds. The van der Waals surface area contributed by atoms with Gasteiger partial charge >= 0.3 is 0 Å². The minimum atomic E-state index is -3.83. The Balaban J connectivity index is 2.24. The molecular weight excluding hydrogens is 255 g/mol. The largest absolute Gasteiger partial charge is 0.329 e. The second-order valence-corrected chi connectivity index (χ2v) is 6.42. The third-order valence-corrected chi connectivity index (χ3v) is 4.65. The molecule has 6 heteroatoms. The van der Waals surface area contributed by atoms with Crippen LogP contribution in [0.15, 0.2) is 23.1 Å². The van der Waals surface area contributed by atoms with Gasteiger partial charge in [-0.25, -0.2) is 17.5 Å². The van der Waals surface area contributed by atoms with Gasteiger partial charge in [0, 0.05) is 12.6 Å². The summed E-state index contributed by atoms with van der Waals surface area (Å²) in [5.74, 6) is -0.438. The van der Waals surface area contributed by atoms with Gasteiger partial charge in [-0.3, -0.25) is 0 Å². The van der Waals surface area contributed by atoms with Crippen molar-refractivity contribution in [3.63, 3.8) is 0 Å². The predicted molar refractivity (Wildman–Crippen MR) is 67.0 cm³/mol. The lowest BCUT2D eigenvalue weighted by atomic mass is 10.2. The highest BCUT2D eigenvalue weighted by Crippen LogP contribution is 2.33. The number of nitrogens with one attached hydrogen (secondary N) is 1. The minimum Gasteiger partial charge on any atom is -0.329 e. The van der Waals surface area contributed by atoms with Crippen molar-refractivity contribution in [2.75, 3.05) is 6.54 Å². The number of sulfonamides is 1. The summed E-state index contributed by atoms with van der Waals surface area (Å²) in [5, 5.41) is 0. The Kier molecular flexibility index (Phi) is 3.70. The molecule has 1 aliphatic rings. The Morgan fingerprint density at radius 1 is 1.50 bits per heavy atom. The number of halogens is 1. The van der Waals surface area contributed by atoms with Crippen molar-refractivity contribution in [3.8, 4) is 0 Å². The zero-order valence-corrected chi connectivity index (χ0v) is 11.0. The van der Waals surface area contributed by atoms with E-state index in [-0.39, 0.29) is 17.5 Å². The molecule has 1 atom stereocenters. The first-order valence-corrected chi connectivity index (χ1v) is 7.41. The quantitative estimate of drug-likeness (QED) is 0.844. The van der Waals surface area contributed by atoms with E-state index in [1.54, 1.807) is 13.0 Å². The van der Waals surface area contributed by atoms with Gasteiger partial charge in [-0.05, 0) is 43.4 Å². The molecule has 3 N–H and O–H groups in total. The van der Waals surface area contributed by atoms with Gasteiger partial charge in [0.25, 0.3) is 0 Å². The molecule has 2 rings (SSSR count). The van der Waals surface area contributed by atoms with Crippen LogP contribution in [-0.4, -0.2) is 21.0 Å². The van der Waals surface area contributed by atoms with Crippen LogP contribution in [0.4, 0.5) is 4.39 Å². The van der Waals surface area contributed by atoms with Gasteiger partial charge < -0.3 is 5.73 Å². The van der Waals surface area contributed by atoms with Crippen LogP contribution in [0, 0.1) is 18.7 Å². The van der Waals surface area contributed by atoms with Gasteiger partial charge in [-0.15, -0.1) is 0 Å². The first kappa shape index (κ1) is 13.5. The SMILES string of the molecule is Cc1ccc(S(=O)(=O)N[C@@H](CN)C2CC2)c(F)c1. The molecule has 0 aliphatic heterocycles. The van der Waals surface area contributed by atoms with Crippen molar-refractivity contribution in [2.45, 2.75) is 30.7 Å². The third kappa shape index (κ3) is 2.88. The Morgan fingerprint density at radius 2 is 2.17 bits per heavy atom. The van der Waals surface area contributed by atoms with Crippen molar-refractivity contribution < 1.29 is 12.8 Å². The molecule has 1 fully saturated rings. The fraction of sp³-hybridized carbons (Fsp3) is 0.500. The summed E-state index contributed by atoms with van der Waals surface area (Å²) in [6, 6.07) is 3.78. The van der Waals surface area contributed by atoms with Crippen LogP contribution in [-0.2, 0) is 10.0 Å². The van der Waals surface area contributed by atoms with Crippen molar-refractivity contribution in [3.05, 3.63) is 29.6 Å². The molecule has 0 spiro atoms. The lowest BCUT2D eigenvalue weighted by Gasteiger charge is -2.16. The summed E-state index contributed by atoms with van der Waals surface area (Å²) in [6.07, 6.45) is 1.95. The number of nitrogens with two attached hydrogens (primary N) is 1. The number of hydrogen-bond acceptors (Lipinski definition) is 3. The molecule has 0 heterocycles. The molecule has 1 aliphatic carbocycles. The molecular formula is C12H17FN2O2S. The standard InChI is InChI=1S/C12H17FN2O2S/c1-8-2-5-12(10(13)6-8)18(16,17)15-11(7-14)9-3-4-9/h2,5-6,9,11,15H,3-4,7,14H2,1H3/t11-/m0/s1. The van der Waals surface area contributed by atoms with Gasteiger partial charge in [0.15, 0.2) is 0 Å². The lowest BCUT2D eigenvalue weighted by molar-refractivity contribution is 0.511. The molecule has 1 saturated carbocycles. The summed E-state index contributed by atoms with van der Waals surface area (Å²) < 4.78 is 40.3. The second-order valence-electron chi connectivity index (χ2n) is 4.73. The van der Waals surface area contributed by atoms with Crippen molar-refractivity contribution in [1.82, 2.24) is 4.72 Å². The first-order valence-electron chi connectivity index (χ1n) is 5.92. The van der Waals surface area contributed by atoms with Crippen molar-refractivity contribution in [2.24, 2.45) is 11.7 Å². The molecule has 100 valence electrons. The fourth-order valence-electron chi connectivity index (χ4n) is 1.92. The molecule has 0 saturated heterocycles. The van der Waals surface area contributed by atoms with Crippen LogP contribution >= 0.6 is 0 Å². The fourth-order valence-corrected chi connectivity index (χ4v) is 3.30. The number of aryl methyl sites for hydroxylation is 1. The van der Waals surface area contributed by atoms with E-state index in [0.717, 1.165) is 12.8 Å². The van der Waals surface area contributed by atoms with Gasteiger partial charge in [0.1, 0.15) is 10.7 Å². The average molecular weight is 272 g/mol. The van der Waals surface area contributed by atoms with E-state index >= 15 is 0 Å². The zero-order valence-electron chi connectivity index (χ0n) is 10.2. The molecule has 0 bridgehead atoms. The summed E-state index contributed by atoms with van der Waals surface area (Å²) in [4.78, 5) is -0.313. The van der Waals surface area contributed by atoms with Crippen molar-refractivity contribution >= 4 is 10.0 Å². The lowest BCUT2D eigenvalue weighted by Crippen LogP contribution is -2.41. The van der Waals surface area contributed by atoms with E-state index in [9.17, 15) is 12.8 Å². The summed E-state index contributed by atoms with van der Waals surface area (Å²) in [5.41, 5.74) is 6.22. The molecule has 0 unspecified atom stereocenters. The van der Waals surface area contributed by atoms with E-state index in [2.05, 4.69) is 4.72 Å². The van der Waals surface area contributed by atoms with Crippen LogP contribution < -0.4 is 10.5 Å². The highest BCUT2D eigenvalue weighted by Gasteiger charge is 2.34. The normalized spacial score (nSPS) is 17.7. The topological polar surface area (TPSA) is 72.2 Å². The van der Waals surface area contributed by atoms with Gasteiger partial charge in [0.2, 0.25) is 10.0 Å². The predicted octanol–water partition coefficient (Wildman–Crippen LogP) is 1.15. The Bertz CT molecular complexity index is 541. The number of hydrogen-bond donors (Lipinski definition) is 2. The summed E-state index contributed by atoms with van der Waals surface area (Å²) >= 11 is 0. The maximum Gasteiger partial charge on any atom is 0.243 e. The Labute approximate surface area is 106 Å². The molecule has 1 aromatic rings. The summed E-state index contributed by atoms with van der Waals surface area (Å²) in [7, 11) is -3.83. The summed E-state index contributed by atoms with van der Waals surface area (Å²) in [6.45, 7) is 1.94. The van der Waals surface area contributed by atoms with Crippen molar-refractivity contribution in [1.29, 1.82) is 0 Å². The maximum absolute atomic E-state index is 13.7. The molecule has 0 radical (unpaired) electrons. The van der Waals surface area contributed by atoms with Gasteiger partial charge in [-0.2, -0.15) is 0 Å². The van der Waals surface area contributed by atoms with Crippen LogP contribution in [0.3, 0.4) is 0 Å². The van der Waals surface area contributed by atoms with Gasteiger partial charge in [-0.1, -0.05) is 6.07 Å². The highest BCUT2D eigenvalue weighted by molar-refractivity contribution is 7.89. The average Bonchev–Trinajstić information content (AvgIpc) is 3.09. The minimum absolute atomic E-state index is 0.234. The molecule has 4 nitrogen and oxygen atoms in total. The number of benzene rings is 1. The van der Waals surface area contributed by atoms with Crippen LogP contribution in [0.2, 0.25) is 0 Å². The maximum atomic E-state index is 13.7. The van der Waals surface area contributed by atoms with E-state index in [1.165, 1.54) is 12.1 Å². The van der Waals surface area contributed by atoms with E-state index in [4.69, 9.17) is 5.73 Å². The van der Waals surface area contributed by atoms with E-state index < -0.39 is 15.8 Å². The van der Waals surface area contributed by atoms with E-state index in [1.807, 2.05) is 0 Å². The Hall–Kier alpha value is -0.980. The zero-order chi connectivity index (χ0) is 13.3. The molecule has 0 aromatic heterocycles. The Morgan fingerprint density at radius 3 is 2.67 bits per heavy atom. The number of rotatable bonds is 5. The van der Waals surface area contributed by atoms with Crippen LogP contribution in [0.5, 0.6) is 0 Å².